The van der Waals surface area contributed by atoms with Crippen LogP contribution < -0.4 is 5.32 Å². The van der Waals surface area contributed by atoms with Crippen molar-refractivity contribution in [2.75, 3.05) is 6.54 Å². The molecule has 28 heavy (non-hydrogen) atoms. The number of carbonyl (C=O) groups is 1. The molecule has 0 spiro atoms. The molecule has 4 aromatic heterocycles. The van der Waals surface area contributed by atoms with Crippen molar-refractivity contribution in [2.45, 2.75) is 26.8 Å². The summed E-state index contributed by atoms with van der Waals surface area (Å²) in [5.74, 6) is -0.166. The van der Waals surface area contributed by atoms with Gasteiger partial charge in [0.15, 0.2) is 5.65 Å². The zero-order chi connectivity index (χ0) is 19.7. The third-order valence-electron chi connectivity index (χ3n) is 4.54. The van der Waals surface area contributed by atoms with Crippen molar-refractivity contribution >= 4 is 38.8 Å². The van der Waals surface area contributed by atoms with Gasteiger partial charge in [-0.05, 0) is 53.7 Å². The number of rotatable bonds is 6. The SMILES string of the molecule is Cc1nn(CCCNC(=O)c2cnn3c(-c4cccs4)ccnc23)c(C)c1Br. The molecular weight excluding hydrogens is 440 g/mol. The number of amides is 1. The largest absolute Gasteiger partial charge is 0.352 e. The number of nitrogens with one attached hydrogen (secondary N) is 1. The summed E-state index contributed by atoms with van der Waals surface area (Å²) in [4.78, 5) is 18.1. The molecule has 0 bridgehead atoms. The summed E-state index contributed by atoms with van der Waals surface area (Å²) < 4.78 is 4.71. The molecule has 0 atom stereocenters. The lowest BCUT2D eigenvalue weighted by atomic mass is 10.3. The van der Waals surface area contributed by atoms with E-state index in [2.05, 4.69) is 36.4 Å². The Bertz CT molecular complexity index is 1130. The van der Waals surface area contributed by atoms with Crippen molar-refractivity contribution in [3.63, 3.8) is 0 Å². The van der Waals surface area contributed by atoms with Crippen LogP contribution in [0.3, 0.4) is 0 Å². The summed E-state index contributed by atoms with van der Waals surface area (Å²) in [5, 5.41) is 13.8. The summed E-state index contributed by atoms with van der Waals surface area (Å²) in [5.41, 5.74) is 4.03. The Hall–Kier alpha value is -2.52. The number of aromatic nitrogens is 5. The molecule has 0 aliphatic carbocycles. The number of fused-ring (bicyclic) bond motifs is 1. The van der Waals surface area contributed by atoms with Gasteiger partial charge in [0.2, 0.25) is 0 Å². The van der Waals surface area contributed by atoms with Crippen molar-refractivity contribution in [2.24, 2.45) is 0 Å². The van der Waals surface area contributed by atoms with Gasteiger partial charge in [-0.25, -0.2) is 9.50 Å². The van der Waals surface area contributed by atoms with Crippen LogP contribution in [0.1, 0.15) is 28.2 Å². The molecule has 0 unspecified atom stereocenters. The third kappa shape index (κ3) is 3.47. The van der Waals surface area contributed by atoms with Crippen LogP contribution in [0.25, 0.3) is 16.2 Å². The number of hydrogen-bond acceptors (Lipinski definition) is 5. The first-order valence-corrected chi connectivity index (χ1v) is 10.6. The first kappa shape index (κ1) is 18.8. The monoisotopic (exact) mass is 458 g/mol. The van der Waals surface area contributed by atoms with Crippen LogP contribution in [0.15, 0.2) is 40.4 Å². The van der Waals surface area contributed by atoms with Gasteiger partial charge in [-0.15, -0.1) is 11.3 Å². The van der Waals surface area contributed by atoms with E-state index in [-0.39, 0.29) is 5.91 Å². The number of aryl methyl sites for hydroxylation is 2. The Balaban J connectivity index is 1.43. The van der Waals surface area contributed by atoms with Gasteiger partial charge in [0.1, 0.15) is 5.56 Å². The Kier molecular flexibility index (Phi) is 5.27. The summed E-state index contributed by atoms with van der Waals surface area (Å²) in [6.07, 6.45) is 4.07. The number of thiophene rings is 1. The van der Waals surface area contributed by atoms with E-state index >= 15 is 0 Å². The number of hydrogen-bond donors (Lipinski definition) is 1. The molecule has 0 aromatic carbocycles. The Labute approximate surface area is 174 Å². The zero-order valence-corrected chi connectivity index (χ0v) is 17.9. The van der Waals surface area contributed by atoms with E-state index in [1.807, 2.05) is 42.1 Å². The fourth-order valence-corrected chi connectivity index (χ4v) is 4.10. The highest BCUT2D eigenvalue weighted by molar-refractivity contribution is 9.10. The molecular formula is C19H19BrN6OS. The van der Waals surface area contributed by atoms with Gasteiger partial charge in [0.25, 0.3) is 5.91 Å². The van der Waals surface area contributed by atoms with E-state index in [1.165, 1.54) is 0 Å². The molecule has 9 heteroatoms. The topological polar surface area (TPSA) is 77.1 Å². The maximum absolute atomic E-state index is 12.6. The minimum Gasteiger partial charge on any atom is -0.352 e. The molecule has 0 saturated heterocycles. The van der Waals surface area contributed by atoms with E-state index in [1.54, 1.807) is 28.2 Å². The highest BCUT2D eigenvalue weighted by Gasteiger charge is 2.16. The molecule has 0 aliphatic heterocycles. The molecule has 4 heterocycles. The van der Waals surface area contributed by atoms with Crippen LogP contribution in [0.4, 0.5) is 0 Å². The average Bonchev–Trinajstić information content (AvgIpc) is 3.42. The van der Waals surface area contributed by atoms with Gasteiger partial charge in [0, 0.05) is 25.0 Å². The van der Waals surface area contributed by atoms with Crippen molar-refractivity contribution in [1.82, 2.24) is 29.7 Å². The Morgan fingerprint density at radius 3 is 2.89 bits per heavy atom. The molecule has 1 amide bonds. The fourth-order valence-electron chi connectivity index (χ4n) is 3.08. The standard InChI is InChI=1S/C19H19BrN6OS/c1-12-17(20)13(2)25(24-12)9-4-7-22-19(27)14-11-23-26-15(6-8-21-18(14)26)16-5-3-10-28-16/h3,5-6,8,10-11H,4,7,9H2,1-2H3,(H,22,27). The Morgan fingerprint density at radius 1 is 1.32 bits per heavy atom. The highest BCUT2D eigenvalue weighted by Crippen LogP contribution is 2.25. The minimum atomic E-state index is -0.166. The normalized spacial score (nSPS) is 11.2. The van der Waals surface area contributed by atoms with E-state index in [0.717, 1.165) is 39.4 Å². The summed E-state index contributed by atoms with van der Waals surface area (Å²) in [7, 11) is 0. The molecule has 7 nitrogen and oxygen atoms in total. The van der Waals surface area contributed by atoms with Gasteiger partial charge < -0.3 is 5.32 Å². The average molecular weight is 459 g/mol. The molecule has 0 radical (unpaired) electrons. The van der Waals surface area contributed by atoms with E-state index in [0.29, 0.717) is 17.8 Å². The molecule has 4 rings (SSSR count). The van der Waals surface area contributed by atoms with E-state index < -0.39 is 0 Å². The fraction of sp³-hybridized carbons (Fsp3) is 0.263. The lowest BCUT2D eigenvalue weighted by Gasteiger charge is -2.06. The lowest BCUT2D eigenvalue weighted by molar-refractivity contribution is 0.0954. The smallest absolute Gasteiger partial charge is 0.256 e. The van der Waals surface area contributed by atoms with Gasteiger partial charge in [0.05, 0.1) is 26.9 Å². The van der Waals surface area contributed by atoms with Crippen LogP contribution in [-0.2, 0) is 6.54 Å². The van der Waals surface area contributed by atoms with Crippen LogP contribution in [0.5, 0.6) is 0 Å². The molecule has 1 N–H and O–H groups in total. The maximum Gasteiger partial charge on any atom is 0.256 e. The second-order valence-corrected chi connectivity index (χ2v) is 8.16. The van der Waals surface area contributed by atoms with Crippen molar-refractivity contribution < 1.29 is 4.79 Å². The zero-order valence-electron chi connectivity index (χ0n) is 15.5. The van der Waals surface area contributed by atoms with E-state index in [4.69, 9.17) is 0 Å². The Morgan fingerprint density at radius 2 is 2.18 bits per heavy atom. The minimum absolute atomic E-state index is 0.166. The molecule has 4 aromatic rings. The first-order valence-electron chi connectivity index (χ1n) is 8.90. The molecule has 0 fully saturated rings. The van der Waals surface area contributed by atoms with Crippen molar-refractivity contribution in [3.8, 4) is 10.6 Å². The summed E-state index contributed by atoms with van der Waals surface area (Å²) in [6.45, 7) is 5.29. The summed E-state index contributed by atoms with van der Waals surface area (Å²) in [6, 6.07) is 5.92. The van der Waals surface area contributed by atoms with Crippen LogP contribution in [0, 0.1) is 13.8 Å². The molecule has 0 saturated carbocycles. The highest BCUT2D eigenvalue weighted by atomic mass is 79.9. The number of carbonyl (C=O) groups excluding carboxylic acids is 1. The second-order valence-electron chi connectivity index (χ2n) is 6.42. The molecule has 0 aliphatic rings. The predicted octanol–water partition coefficient (Wildman–Crippen LogP) is 3.85. The number of halogens is 1. The lowest BCUT2D eigenvalue weighted by Crippen LogP contribution is -2.25. The van der Waals surface area contributed by atoms with Crippen LogP contribution in [0.2, 0.25) is 0 Å². The van der Waals surface area contributed by atoms with Gasteiger partial charge in [-0.1, -0.05) is 6.07 Å². The third-order valence-corrected chi connectivity index (χ3v) is 6.58. The van der Waals surface area contributed by atoms with E-state index in [9.17, 15) is 4.79 Å². The van der Waals surface area contributed by atoms with Gasteiger partial charge >= 0.3 is 0 Å². The van der Waals surface area contributed by atoms with Gasteiger partial charge in [-0.2, -0.15) is 10.2 Å². The molecule has 144 valence electrons. The second kappa shape index (κ2) is 7.84. The van der Waals surface area contributed by atoms with Crippen LogP contribution >= 0.6 is 27.3 Å². The van der Waals surface area contributed by atoms with Crippen molar-refractivity contribution in [3.05, 3.63) is 57.4 Å². The van der Waals surface area contributed by atoms with Gasteiger partial charge in [-0.3, -0.25) is 9.48 Å². The van der Waals surface area contributed by atoms with Crippen molar-refractivity contribution in [1.29, 1.82) is 0 Å². The first-order chi connectivity index (χ1) is 13.6. The summed E-state index contributed by atoms with van der Waals surface area (Å²) >= 11 is 5.16. The van der Waals surface area contributed by atoms with Crippen LogP contribution in [-0.4, -0.2) is 36.8 Å². The number of nitrogens with zero attached hydrogens (tertiary/aromatic N) is 5. The quantitative estimate of drug-likeness (QED) is 0.445. The maximum atomic E-state index is 12.6. The predicted molar refractivity (Wildman–Crippen MR) is 113 cm³/mol.